The first-order chi connectivity index (χ1) is 11.9. The third-order valence-corrected chi connectivity index (χ3v) is 5.28. The van der Waals surface area contributed by atoms with E-state index in [2.05, 4.69) is 5.32 Å². The molecule has 0 aliphatic carbocycles. The molecule has 0 unspecified atom stereocenters. The zero-order valence-electron chi connectivity index (χ0n) is 14.7. The molecule has 2 aliphatic heterocycles. The Morgan fingerprint density at radius 3 is 2.36 bits per heavy atom. The summed E-state index contributed by atoms with van der Waals surface area (Å²) in [5.41, 5.74) is -0.428. The van der Waals surface area contributed by atoms with Crippen molar-refractivity contribution in [3.05, 3.63) is 29.8 Å². The fourth-order valence-corrected chi connectivity index (χ4v) is 4.01. The van der Waals surface area contributed by atoms with Crippen LogP contribution in [0.25, 0.3) is 0 Å². The molecule has 2 saturated heterocycles. The van der Waals surface area contributed by atoms with E-state index in [0.29, 0.717) is 5.75 Å². The molecular weight excluding hydrogens is 324 g/mol. The number of likely N-dealkylation sites (tertiary alicyclic amines) is 1. The van der Waals surface area contributed by atoms with Gasteiger partial charge in [-0.2, -0.15) is 0 Å². The van der Waals surface area contributed by atoms with Crippen LogP contribution in [0.1, 0.15) is 25.5 Å². The van der Waals surface area contributed by atoms with Crippen LogP contribution >= 0.6 is 0 Å². The number of rotatable bonds is 4. The van der Waals surface area contributed by atoms with Crippen LogP contribution in [-0.4, -0.2) is 49.0 Å². The molecule has 2 amide bonds. The number of nitrogens with one attached hydrogen (secondary N) is 1. The lowest BCUT2D eigenvalue weighted by Gasteiger charge is -2.28. The van der Waals surface area contributed by atoms with Crippen LogP contribution in [-0.2, 0) is 19.1 Å². The quantitative estimate of drug-likeness (QED) is 0.644. The van der Waals surface area contributed by atoms with Gasteiger partial charge in [0.05, 0.1) is 26.1 Å². The van der Waals surface area contributed by atoms with Crippen LogP contribution in [0.4, 0.5) is 0 Å². The predicted octanol–water partition coefficient (Wildman–Crippen LogP) is 0.892. The molecule has 0 bridgehead atoms. The summed E-state index contributed by atoms with van der Waals surface area (Å²) in [5, 5.41) is 3.20. The first-order valence-corrected chi connectivity index (χ1v) is 8.24. The second-order valence-electron chi connectivity index (χ2n) is 6.51. The molecule has 0 aromatic heterocycles. The van der Waals surface area contributed by atoms with Gasteiger partial charge in [0.15, 0.2) is 0 Å². The van der Waals surface area contributed by atoms with Gasteiger partial charge in [-0.3, -0.25) is 24.6 Å². The molecule has 2 fully saturated rings. The van der Waals surface area contributed by atoms with E-state index in [1.54, 1.807) is 33.1 Å². The molecule has 1 aromatic carbocycles. The Morgan fingerprint density at radius 2 is 1.84 bits per heavy atom. The highest BCUT2D eigenvalue weighted by molar-refractivity contribution is 6.09. The maximum Gasteiger partial charge on any atom is 0.326 e. The van der Waals surface area contributed by atoms with E-state index in [4.69, 9.17) is 9.47 Å². The Kier molecular flexibility index (Phi) is 4.28. The van der Waals surface area contributed by atoms with Gasteiger partial charge < -0.3 is 9.47 Å². The summed E-state index contributed by atoms with van der Waals surface area (Å²) in [7, 11) is 2.86. The molecule has 2 aliphatic rings. The minimum Gasteiger partial charge on any atom is -0.497 e. The topological polar surface area (TPSA) is 84.9 Å². The fourth-order valence-electron chi connectivity index (χ4n) is 4.01. The van der Waals surface area contributed by atoms with Gasteiger partial charge in [0.2, 0.25) is 11.8 Å². The number of ether oxygens (including phenoxy) is 2. The molecule has 1 N–H and O–H groups in total. The van der Waals surface area contributed by atoms with E-state index in [1.807, 2.05) is 12.1 Å². The van der Waals surface area contributed by atoms with Gasteiger partial charge in [-0.1, -0.05) is 12.1 Å². The van der Waals surface area contributed by atoms with E-state index in [9.17, 15) is 14.4 Å². The van der Waals surface area contributed by atoms with Crippen LogP contribution in [0.2, 0.25) is 0 Å². The van der Waals surface area contributed by atoms with E-state index in [-0.39, 0.29) is 18.4 Å². The SMILES string of the molecule is CCN1C(=O)[C@H]2[C@@H](C1=O)[C@](C)(C(=O)OC)N[C@H]2c1ccc(OC)cc1. The molecule has 3 rings (SSSR count). The van der Waals surface area contributed by atoms with Gasteiger partial charge in [0.25, 0.3) is 0 Å². The lowest BCUT2D eigenvalue weighted by Crippen LogP contribution is -2.53. The van der Waals surface area contributed by atoms with E-state index in [0.717, 1.165) is 5.56 Å². The van der Waals surface area contributed by atoms with Crippen molar-refractivity contribution in [3.63, 3.8) is 0 Å². The maximum atomic E-state index is 12.8. The van der Waals surface area contributed by atoms with Crippen LogP contribution in [0.3, 0.4) is 0 Å². The summed E-state index contributed by atoms with van der Waals surface area (Å²) in [5.74, 6) is -1.84. The Labute approximate surface area is 146 Å². The summed E-state index contributed by atoms with van der Waals surface area (Å²) >= 11 is 0. The molecular formula is C18H22N2O5. The van der Waals surface area contributed by atoms with Crippen LogP contribution in [0.5, 0.6) is 5.75 Å². The van der Waals surface area contributed by atoms with Gasteiger partial charge >= 0.3 is 5.97 Å². The number of amides is 2. The van der Waals surface area contributed by atoms with E-state index in [1.165, 1.54) is 12.0 Å². The Hall–Kier alpha value is -2.41. The monoisotopic (exact) mass is 346 g/mol. The summed E-state index contributed by atoms with van der Waals surface area (Å²) < 4.78 is 10.1. The maximum absolute atomic E-state index is 12.8. The van der Waals surface area contributed by atoms with E-state index >= 15 is 0 Å². The molecule has 2 heterocycles. The van der Waals surface area contributed by atoms with Gasteiger partial charge in [-0.05, 0) is 31.5 Å². The zero-order chi connectivity index (χ0) is 18.4. The average Bonchev–Trinajstić information content (AvgIpc) is 3.08. The summed E-state index contributed by atoms with van der Waals surface area (Å²) in [6.07, 6.45) is 0. The molecule has 7 heteroatoms. The second-order valence-corrected chi connectivity index (χ2v) is 6.51. The fraction of sp³-hybridized carbons (Fsp3) is 0.500. The minimum atomic E-state index is -1.25. The van der Waals surface area contributed by atoms with Crippen LogP contribution in [0.15, 0.2) is 24.3 Å². The number of fused-ring (bicyclic) bond motifs is 1. The number of nitrogens with zero attached hydrogens (tertiary/aromatic N) is 1. The molecule has 7 nitrogen and oxygen atoms in total. The summed E-state index contributed by atoms with van der Waals surface area (Å²) in [4.78, 5) is 39.2. The summed E-state index contributed by atoms with van der Waals surface area (Å²) in [6, 6.07) is 6.80. The van der Waals surface area contributed by atoms with Crippen molar-refractivity contribution in [1.29, 1.82) is 0 Å². The smallest absolute Gasteiger partial charge is 0.326 e. The van der Waals surface area contributed by atoms with Crippen molar-refractivity contribution < 1.29 is 23.9 Å². The van der Waals surface area contributed by atoms with Crippen molar-refractivity contribution in [2.24, 2.45) is 11.8 Å². The van der Waals surface area contributed by atoms with Gasteiger partial charge in [-0.15, -0.1) is 0 Å². The normalized spacial score (nSPS) is 31.2. The second kappa shape index (κ2) is 6.15. The standard InChI is InChI=1S/C18H22N2O5/c1-5-20-15(21)12-13(16(20)22)18(2,17(23)25-4)19-14(12)10-6-8-11(24-3)9-7-10/h6-9,12-14,19H,5H2,1-4H3/t12-,13-,14-,18+/m0/s1. The van der Waals surface area contributed by atoms with Crippen molar-refractivity contribution in [2.75, 3.05) is 20.8 Å². The molecule has 1 aromatic rings. The Morgan fingerprint density at radius 1 is 1.20 bits per heavy atom. The van der Waals surface area contributed by atoms with Crippen molar-refractivity contribution in [2.45, 2.75) is 25.4 Å². The highest BCUT2D eigenvalue weighted by atomic mass is 16.5. The molecule has 0 radical (unpaired) electrons. The van der Waals surface area contributed by atoms with Gasteiger partial charge in [0, 0.05) is 12.6 Å². The number of imide groups is 1. The van der Waals surface area contributed by atoms with Crippen LogP contribution in [0, 0.1) is 11.8 Å². The first kappa shape index (κ1) is 17.4. The van der Waals surface area contributed by atoms with Crippen LogP contribution < -0.4 is 10.1 Å². The van der Waals surface area contributed by atoms with Gasteiger partial charge in [-0.25, -0.2) is 0 Å². The third kappa shape index (κ3) is 2.41. The predicted molar refractivity (Wildman–Crippen MR) is 88.7 cm³/mol. The molecule has 134 valence electrons. The average molecular weight is 346 g/mol. The molecule has 4 atom stereocenters. The molecule has 0 spiro atoms. The number of methoxy groups -OCH3 is 2. The number of carbonyl (C=O) groups excluding carboxylic acids is 3. The lowest BCUT2D eigenvalue weighted by molar-refractivity contribution is -0.153. The lowest BCUT2D eigenvalue weighted by atomic mass is 9.80. The van der Waals surface area contributed by atoms with Gasteiger partial charge in [0.1, 0.15) is 11.3 Å². The minimum absolute atomic E-state index is 0.251. The Bertz CT molecular complexity index is 717. The van der Waals surface area contributed by atoms with Crippen molar-refractivity contribution in [1.82, 2.24) is 10.2 Å². The Balaban J connectivity index is 2.06. The highest BCUT2D eigenvalue weighted by Crippen LogP contribution is 2.48. The molecule has 25 heavy (non-hydrogen) atoms. The summed E-state index contributed by atoms with van der Waals surface area (Å²) in [6.45, 7) is 3.67. The van der Waals surface area contributed by atoms with Crippen molar-refractivity contribution >= 4 is 17.8 Å². The number of esters is 1. The number of hydrogen-bond donors (Lipinski definition) is 1. The van der Waals surface area contributed by atoms with Crippen molar-refractivity contribution in [3.8, 4) is 5.75 Å². The van der Waals surface area contributed by atoms with E-state index < -0.39 is 29.4 Å². The number of hydrogen-bond acceptors (Lipinski definition) is 6. The number of benzene rings is 1. The largest absolute Gasteiger partial charge is 0.497 e. The zero-order valence-corrected chi connectivity index (χ0v) is 14.7. The number of carbonyl (C=O) groups is 3. The third-order valence-electron chi connectivity index (χ3n) is 5.28. The molecule has 0 saturated carbocycles. The highest BCUT2D eigenvalue weighted by Gasteiger charge is 2.66. The first-order valence-electron chi connectivity index (χ1n) is 8.24.